The molecule has 1 atom stereocenters. The lowest BCUT2D eigenvalue weighted by molar-refractivity contribution is -0.135. The third kappa shape index (κ3) is 3.83. The molecule has 1 aromatic carbocycles. The molecule has 7 heteroatoms. The second-order valence-electron chi connectivity index (χ2n) is 7.10. The normalized spacial score (nSPS) is 17.1. The highest BCUT2D eigenvalue weighted by molar-refractivity contribution is 6.30. The van der Waals surface area contributed by atoms with Gasteiger partial charge < -0.3 is 14.0 Å². The maximum atomic E-state index is 12.9. The van der Waals surface area contributed by atoms with Gasteiger partial charge in [0.25, 0.3) is 5.89 Å². The summed E-state index contributed by atoms with van der Waals surface area (Å²) in [5.74, 6) is 0.996. The van der Waals surface area contributed by atoms with Crippen LogP contribution in [-0.4, -0.2) is 38.1 Å². The van der Waals surface area contributed by atoms with Gasteiger partial charge in [-0.3, -0.25) is 4.79 Å². The number of carbonyl (C=O) groups is 1. The quantitative estimate of drug-likeness (QED) is 0.627. The van der Waals surface area contributed by atoms with Gasteiger partial charge >= 0.3 is 0 Å². The molecular weight excluding hydrogens is 376 g/mol. The first-order chi connectivity index (χ1) is 13.7. The highest BCUT2D eigenvalue weighted by atomic mass is 35.5. The highest BCUT2D eigenvalue weighted by Crippen LogP contribution is 2.25. The van der Waals surface area contributed by atoms with Gasteiger partial charge in [0.1, 0.15) is 12.2 Å². The van der Waals surface area contributed by atoms with E-state index in [1.54, 1.807) is 12.1 Å². The first kappa shape index (κ1) is 18.7. The van der Waals surface area contributed by atoms with Crippen molar-refractivity contribution in [3.63, 3.8) is 0 Å². The van der Waals surface area contributed by atoms with Gasteiger partial charge in [-0.1, -0.05) is 35.8 Å². The molecule has 1 aliphatic heterocycles. The Morgan fingerprint density at radius 3 is 3.00 bits per heavy atom. The minimum absolute atomic E-state index is 0.138. The Morgan fingerprint density at radius 1 is 1.29 bits per heavy atom. The van der Waals surface area contributed by atoms with Crippen LogP contribution in [0.5, 0.6) is 0 Å². The molecule has 0 saturated carbocycles. The molecule has 0 radical (unpaired) electrons. The zero-order valence-corrected chi connectivity index (χ0v) is 16.6. The van der Waals surface area contributed by atoms with Crippen LogP contribution in [0.4, 0.5) is 0 Å². The maximum Gasteiger partial charge on any atom is 0.274 e. The Morgan fingerprint density at radius 2 is 2.18 bits per heavy atom. The van der Waals surface area contributed by atoms with Crippen molar-refractivity contribution in [2.75, 3.05) is 6.54 Å². The number of rotatable bonds is 5. The summed E-state index contributed by atoms with van der Waals surface area (Å²) >= 11 is 6.05. The van der Waals surface area contributed by atoms with Crippen molar-refractivity contribution < 1.29 is 9.32 Å². The summed E-state index contributed by atoms with van der Waals surface area (Å²) in [4.78, 5) is 19.4. The first-order valence-electron chi connectivity index (χ1n) is 9.70. The smallest absolute Gasteiger partial charge is 0.274 e. The molecule has 4 rings (SSSR count). The fourth-order valence-electron chi connectivity index (χ4n) is 3.81. The first-order valence-corrected chi connectivity index (χ1v) is 10.1. The second-order valence-corrected chi connectivity index (χ2v) is 7.54. The van der Waals surface area contributed by atoms with Gasteiger partial charge in [-0.05, 0) is 49.9 Å². The van der Waals surface area contributed by atoms with E-state index in [9.17, 15) is 4.79 Å². The lowest BCUT2D eigenvalue weighted by atomic mass is 10.00. The van der Waals surface area contributed by atoms with Crippen LogP contribution in [0, 0.1) is 0 Å². The average Bonchev–Trinajstić information content (AvgIpc) is 3.37. The number of carbonyl (C=O) groups excluding carboxylic acids is 1. The van der Waals surface area contributed by atoms with E-state index in [0.717, 1.165) is 37.1 Å². The topological polar surface area (TPSA) is 64.2 Å². The van der Waals surface area contributed by atoms with Gasteiger partial charge in [0.05, 0.1) is 0 Å². The fraction of sp³-hybridized carbons (Fsp3) is 0.381. The average molecular weight is 399 g/mol. The number of benzene rings is 1. The lowest BCUT2D eigenvalue weighted by Gasteiger charge is -2.35. The number of amides is 1. The Balaban J connectivity index is 1.54. The van der Waals surface area contributed by atoms with Crippen molar-refractivity contribution in [3.05, 3.63) is 47.6 Å². The Bertz CT molecular complexity index is 965. The summed E-state index contributed by atoms with van der Waals surface area (Å²) in [6, 6.07) is 11.4. The van der Waals surface area contributed by atoms with Gasteiger partial charge in [0.15, 0.2) is 0 Å². The van der Waals surface area contributed by atoms with Gasteiger partial charge in [0.2, 0.25) is 11.7 Å². The van der Waals surface area contributed by atoms with Crippen LogP contribution in [-0.2, 0) is 11.3 Å². The van der Waals surface area contributed by atoms with Gasteiger partial charge in [0, 0.05) is 29.4 Å². The maximum absolute atomic E-state index is 12.9. The molecular formula is C21H23ClN4O2. The van der Waals surface area contributed by atoms with E-state index in [4.69, 9.17) is 16.1 Å². The van der Waals surface area contributed by atoms with E-state index >= 15 is 0 Å². The molecule has 6 nitrogen and oxygen atoms in total. The molecule has 0 aliphatic carbocycles. The minimum atomic E-state index is 0.138. The van der Waals surface area contributed by atoms with Crippen LogP contribution < -0.4 is 0 Å². The summed E-state index contributed by atoms with van der Waals surface area (Å²) in [5.41, 5.74) is 1.52. The SMILES string of the molecule is CCC1CCCCN1C(=O)Cn1cccc1-c1nc(-c2cccc(Cl)c2)no1. The number of nitrogens with zero attached hydrogens (tertiary/aromatic N) is 4. The number of halogens is 1. The largest absolute Gasteiger partial charge is 0.338 e. The zero-order chi connectivity index (χ0) is 19.5. The lowest BCUT2D eigenvalue weighted by Crippen LogP contribution is -2.44. The van der Waals surface area contributed by atoms with E-state index < -0.39 is 0 Å². The van der Waals surface area contributed by atoms with Crippen LogP contribution in [0.2, 0.25) is 5.02 Å². The molecule has 2 aromatic heterocycles. The molecule has 0 bridgehead atoms. The third-order valence-corrected chi connectivity index (χ3v) is 5.52. The van der Waals surface area contributed by atoms with Crippen molar-refractivity contribution in [2.45, 2.75) is 45.2 Å². The van der Waals surface area contributed by atoms with Gasteiger partial charge in [-0.2, -0.15) is 4.98 Å². The highest BCUT2D eigenvalue weighted by Gasteiger charge is 2.26. The van der Waals surface area contributed by atoms with Crippen LogP contribution in [0.25, 0.3) is 23.0 Å². The van der Waals surface area contributed by atoms with Crippen molar-refractivity contribution in [3.8, 4) is 23.0 Å². The van der Waals surface area contributed by atoms with Crippen molar-refractivity contribution >= 4 is 17.5 Å². The minimum Gasteiger partial charge on any atom is -0.338 e. The standard InChI is InChI=1S/C21H23ClN4O2/c1-2-17-9-3-4-12-26(17)19(27)14-25-11-6-10-18(25)21-23-20(24-28-21)15-7-5-8-16(22)13-15/h5-8,10-11,13,17H,2-4,9,12,14H2,1H3. The number of piperidine rings is 1. The van der Waals surface area contributed by atoms with Crippen molar-refractivity contribution in [2.24, 2.45) is 0 Å². The van der Waals surface area contributed by atoms with E-state index in [1.165, 1.54) is 6.42 Å². The van der Waals surface area contributed by atoms with Crippen LogP contribution in [0.3, 0.4) is 0 Å². The number of likely N-dealkylation sites (tertiary alicyclic amines) is 1. The Hall–Kier alpha value is -2.60. The van der Waals surface area contributed by atoms with Gasteiger partial charge in [-0.15, -0.1) is 0 Å². The number of aromatic nitrogens is 3. The summed E-state index contributed by atoms with van der Waals surface area (Å²) in [6.07, 6.45) is 6.24. The van der Waals surface area contributed by atoms with Crippen LogP contribution in [0.1, 0.15) is 32.6 Å². The van der Waals surface area contributed by atoms with E-state index in [0.29, 0.717) is 22.8 Å². The fourth-order valence-corrected chi connectivity index (χ4v) is 4.00. The molecule has 1 fully saturated rings. The summed E-state index contributed by atoms with van der Waals surface area (Å²) in [6.45, 7) is 3.26. The molecule has 1 unspecified atom stereocenters. The van der Waals surface area contributed by atoms with Gasteiger partial charge in [-0.25, -0.2) is 0 Å². The summed E-state index contributed by atoms with van der Waals surface area (Å²) in [7, 11) is 0. The van der Waals surface area contributed by atoms with Crippen LogP contribution in [0.15, 0.2) is 47.1 Å². The summed E-state index contributed by atoms with van der Waals surface area (Å²) in [5, 5.41) is 4.68. The summed E-state index contributed by atoms with van der Waals surface area (Å²) < 4.78 is 7.34. The molecule has 28 heavy (non-hydrogen) atoms. The number of hydrogen-bond donors (Lipinski definition) is 0. The van der Waals surface area contributed by atoms with Crippen LogP contribution >= 0.6 is 11.6 Å². The molecule has 1 saturated heterocycles. The molecule has 3 aromatic rings. The predicted octanol–water partition coefficient (Wildman–Crippen LogP) is 4.65. The monoisotopic (exact) mass is 398 g/mol. The van der Waals surface area contributed by atoms with E-state index in [-0.39, 0.29) is 12.5 Å². The molecule has 3 heterocycles. The third-order valence-electron chi connectivity index (χ3n) is 5.28. The number of hydrogen-bond acceptors (Lipinski definition) is 4. The van der Waals surface area contributed by atoms with Crippen molar-refractivity contribution in [1.29, 1.82) is 0 Å². The van der Waals surface area contributed by atoms with E-state index in [2.05, 4.69) is 17.1 Å². The molecule has 1 amide bonds. The Kier molecular flexibility index (Phi) is 5.48. The zero-order valence-electron chi connectivity index (χ0n) is 15.8. The van der Waals surface area contributed by atoms with E-state index in [1.807, 2.05) is 39.9 Å². The Labute approximate surface area is 169 Å². The second kappa shape index (κ2) is 8.19. The predicted molar refractivity (Wildman–Crippen MR) is 108 cm³/mol. The molecule has 1 aliphatic rings. The molecule has 0 spiro atoms. The molecule has 146 valence electrons. The van der Waals surface area contributed by atoms with Crippen molar-refractivity contribution in [1.82, 2.24) is 19.6 Å². The molecule has 0 N–H and O–H groups in total.